The van der Waals surface area contributed by atoms with E-state index in [1.807, 2.05) is 17.0 Å². The molecule has 10 heteroatoms. The fraction of sp³-hybridized carbons (Fsp3) is 0.438. The Hall–Kier alpha value is -1.94. The molecule has 1 saturated heterocycles. The van der Waals surface area contributed by atoms with E-state index in [-0.39, 0.29) is 24.3 Å². The van der Waals surface area contributed by atoms with Gasteiger partial charge in [0.2, 0.25) is 11.8 Å². The second-order valence-corrected chi connectivity index (χ2v) is 6.96. The maximum Gasteiger partial charge on any atom is 0.470 e. The number of nitrogens with zero attached hydrogens (tertiary/aromatic N) is 3. The number of anilines is 1. The molecule has 3 rings (SSSR count). The van der Waals surface area contributed by atoms with Crippen LogP contribution < -0.4 is 5.32 Å². The highest BCUT2D eigenvalue weighted by molar-refractivity contribution is 9.10. The first-order valence-corrected chi connectivity index (χ1v) is 8.79. The molecular formula is C16H16BrF3N4O2. The van der Waals surface area contributed by atoms with Gasteiger partial charge in [-0.25, -0.2) is 0 Å². The number of carbonyl (C=O) groups is 1. The molecule has 1 aromatic heterocycles. The minimum absolute atomic E-state index is 0.0105. The molecule has 2 aromatic rings. The first kappa shape index (κ1) is 18.8. The standard InChI is InChI=1S/C16H16BrF3N4O2/c17-11-1-3-12(4-2-11)21-13(25)9-24-7-5-10(6-8-24)14-22-23-15(26-14)16(18,19)20/h1-4,10H,5-9H2,(H,21,25). The quantitative estimate of drug-likeness (QED) is 0.797. The molecule has 1 aliphatic heterocycles. The molecule has 26 heavy (non-hydrogen) atoms. The van der Waals surface area contributed by atoms with Crippen LogP contribution in [0.5, 0.6) is 0 Å². The largest absolute Gasteiger partial charge is 0.470 e. The van der Waals surface area contributed by atoms with Gasteiger partial charge < -0.3 is 9.73 Å². The van der Waals surface area contributed by atoms with Crippen LogP contribution in [0.3, 0.4) is 0 Å². The lowest BCUT2D eigenvalue weighted by Gasteiger charge is -2.29. The molecule has 0 bridgehead atoms. The van der Waals surface area contributed by atoms with Gasteiger partial charge in [-0.05, 0) is 50.2 Å². The van der Waals surface area contributed by atoms with Crippen molar-refractivity contribution in [1.82, 2.24) is 15.1 Å². The van der Waals surface area contributed by atoms with Gasteiger partial charge in [-0.15, -0.1) is 10.2 Å². The van der Waals surface area contributed by atoms with Gasteiger partial charge in [-0.1, -0.05) is 15.9 Å². The van der Waals surface area contributed by atoms with Crippen molar-refractivity contribution in [1.29, 1.82) is 0 Å². The maximum atomic E-state index is 12.5. The highest BCUT2D eigenvalue weighted by Gasteiger charge is 2.39. The van der Waals surface area contributed by atoms with E-state index < -0.39 is 12.1 Å². The summed E-state index contributed by atoms with van der Waals surface area (Å²) >= 11 is 3.33. The predicted molar refractivity (Wildman–Crippen MR) is 90.5 cm³/mol. The molecule has 1 N–H and O–H groups in total. The summed E-state index contributed by atoms with van der Waals surface area (Å²) in [4.78, 5) is 14.1. The number of carbonyl (C=O) groups excluding carboxylic acids is 1. The average molecular weight is 433 g/mol. The summed E-state index contributed by atoms with van der Waals surface area (Å²) in [6, 6.07) is 7.26. The number of alkyl halides is 3. The molecule has 0 saturated carbocycles. The number of hydrogen-bond donors (Lipinski definition) is 1. The Morgan fingerprint density at radius 2 is 1.88 bits per heavy atom. The van der Waals surface area contributed by atoms with Gasteiger partial charge in [0.15, 0.2) is 0 Å². The van der Waals surface area contributed by atoms with E-state index in [4.69, 9.17) is 4.42 Å². The fourth-order valence-corrected chi connectivity index (χ4v) is 3.05. The lowest BCUT2D eigenvalue weighted by atomic mass is 9.97. The van der Waals surface area contributed by atoms with Gasteiger partial charge in [0, 0.05) is 16.1 Å². The van der Waals surface area contributed by atoms with Crippen LogP contribution in [0.2, 0.25) is 0 Å². The molecule has 1 amide bonds. The normalized spacial score (nSPS) is 16.6. The summed E-state index contributed by atoms with van der Waals surface area (Å²) in [5.74, 6) is -1.66. The molecule has 0 unspecified atom stereocenters. The summed E-state index contributed by atoms with van der Waals surface area (Å²) in [5, 5.41) is 9.39. The van der Waals surface area contributed by atoms with Crippen LogP contribution in [0.4, 0.5) is 18.9 Å². The topological polar surface area (TPSA) is 71.3 Å². The van der Waals surface area contributed by atoms with Gasteiger partial charge >= 0.3 is 12.1 Å². The monoisotopic (exact) mass is 432 g/mol. The molecular weight excluding hydrogens is 417 g/mol. The number of amides is 1. The minimum atomic E-state index is -4.63. The van der Waals surface area contributed by atoms with E-state index in [9.17, 15) is 18.0 Å². The number of aromatic nitrogens is 2. The van der Waals surface area contributed by atoms with Gasteiger partial charge in [-0.2, -0.15) is 13.2 Å². The van der Waals surface area contributed by atoms with Crippen molar-refractivity contribution in [2.24, 2.45) is 0 Å². The van der Waals surface area contributed by atoms with E-state index >= 15 is 0 Å². The van der Waals surface area contributed by atoms with Gasteiger partial charge in [0.05, 0.1) is 6.54 Å². The summed E-state index contributed by atoms with van der Waals surface area (Å²) in [6.07, 6.45) is -3.51. The molecule has 1 fully saturated rings. The maximum absolute atomic E-state index is 12.5. The average Bonchev–Trinajstić information content (AvgIpc) is 3.08. The van der Waals surface area contributed by atoms with Crippen molar-refractivity contribution in [3.63, 3.8) is 0 Å². The number of likely N-dealkylation sites (tertiary alicyclic amines) is 1. The Morgan fingerprint density at radius 3 is 2.46 bits per heavy atom. The zero-order chi connectivity index (χ0) is 18.7. The molecule has 1 aliphatic rings. The Labute approximate surface area is 155 Å². The first-order chi connectivity index (χ1) is 12.3. The smallest absolute Gasteiger partial charge is 0.417 e. The van der Waals surface area contributed by atoms with Gasteiger partial charge in [0.1, 0.15) is 0 Å². The van der Waals surface area contributed by atoms with Crippen molar-refractivity contribution in [3.05, 3.63) is 40.5 Å². The van der Waals surface area contributed by atoms with Crippen molar-refractivity contribution in [2.75, 3.05) is 25.0 Å². The molecule has 2 heterocycles. The van der Waals surface area contributed by atoms with Crippen molar-refractivity contribution < 1.29 is 22.4 Å². The van der Waals surface area contributed by atoms with Crippen LogP contribution >= 0.6 is 15.9 Å². The SMILES string of the molecule is O=C(CN1CCC(c2nnc(C(F)(F)F)o2)CC1)Nc1ccc(Br)cc1. The van der Waals surface area contributed by atoms with Crippen LogP contribution in [0.15, 0.2) is 33.2 Å². The Balaban J connectivity index is 1.48. The number of nitrogens with one attached hydrogen (secondary N) is 1. The van der Waals surface area contributed by atoms with Crippen molar-refractivity contribution >= 4 is 27.5 Å². The molecule has 0 atom stereocenters. The summed E-state index contributed by atoms with van der Waals surface area (Å²) < 4.78 is 43.2. The van der Waals surface area contributed by atoms with Crippen LogP contribution in [0, 0.1) is 0 Å². The van der Waals surface area contributed by atoms with Crippen molar-refractivity contribution in [3.8, 4) is 0 Å². The third-order valence-corrected chi connectivity index (χ3v) is 4.64. The van der Waals surface area contributed by atoms with Crippen LogP contribution in [-0.4, -0.2) is 40.6 Å². The van der Waals surface area contributed by atoms with Gasteiger partial charge in [-0.3, -0.25) is 9.69 Å². The molecule has 6 nitrogen and oxygen atoms in total. The third kappa shape index (κ3) is 4.82. The van der Waals surface area contributed by atoms with Gasteiger partial charge in [0.25, 0.3) is 0 Å². The lowest BCUT2D eigenvalue weighted by Crippen LogP contribution is -2.38. The number of benzene rings is 1. The van der Waals surface area contributed by atoms with Crippen molar-refractivity contribution in [2.45, 2.75) is 24.9 Å². The first-order valence-electron chi connectivity index (χ1n) is 7.99. The van der Waals surface area contributed by atoms with E-state index in [0.717, 1.165) is 4.47 Å². The summed E-state index contributed by atoms with van der Waals surface area (Å²) in [6.45, 7) is 1.37. The minimum Gasteiger partial charge on any atom is -0.417 e. The number of rotatable bonds is 4. The predicted octanol–water partition coefficient (Wildman–Crippen LogP) is 3.67. The Morgan fingerprint density at radius 1 is 1.23 bits per heavy atom. The number of piperidine rings is 1. The number of halogens is 4. The second kappa shape index (κ2) is 7.75. The third-order valence-electron chi connectivity index (χ3n) is 4.12. The van der Waals surface area contributed by atoms with E-state index in [0.29, 0.717) is 31.6 Å². The summed E-state index contributed by atoms with van der Waals surface area (Å²) in [5.41, 5.74) is 0.707. The molecule has 0 radical (unpaired) electrons. The molecule has 0 spiro atoms. The highest BCUT2D eigenvalue weighted by Crippen LogP contribution is 2.32. The molecule has 0 aliphatic carbocycles. The van der Waals surface area contributed by atoms with Crippen LogP contribution in [0.25, 0.3) is 0 Å². The Bertz CT molecular complexity index is 756. The van der Waals surface area contributed by atoms with E-state index in [1.54, 1.807) is 12.1 Å². The van der Waals surface area contributed by atoms with Crippen LogP contribution in [0.1, 0.15) is 30.5 Å². The Kier molecular flexibility index (Phi) is 5.61. The molecule has 1 aromatic carbocycles. The molecule has 140 valence electrons. The van der Waals surface area contributed by atoms with E-state index in [2.05, 4.69) is 31.4 Å². The fourth-order valence-electron chi connectivity index (χ4n) is 2.79. The second-order valence-electron chi connectivity index (χ2n) is 6.05. The zero-order valence-corrected chi connectivity index (χ0v) is 15.2. The van der Waals surface area contributed by atoms with E-state index in [1.165, 1.54) is 0 Å². The number of hydrogen-bond acceptors (Lipinski definition) is 5. The zero-order valence-electron chi connectivity index (χ0n) is 13.6. The lowest BCUT2D eigenvalue weighted by molar-refractivity contribution is -0.157. The highest BCUT2D eigenvalue weighted by atomic mass is 79.9. The van der Waals surface area contributed by atoms with Crippen LogP contribution in [-0.2, 0) is 11.0 Å². The summed E-state index contributed by atoms with van der Waals surface area (Å²) in [7, 11) is 0.